The Kier molecular flexibility index (Phi) is 3.07. The highest BCUT2D eigenvalue weighted by Gasteiger charge is 1.98. The van der Waals surface area contributed by atoms with Crippen LogP contribution in [0.25, 0.3) is 10.4 Å². The minimum atomic E-state index is 0.592. The average Bonchev–Trinajstić information content (AvgIpc) is 2.33. The van der Waals surface area contributed by atoms with Crippen LogP contribution in [-0.2, 0) is 0 Å². The van der Waals surface area contributed by atoms with Crippen molar-refractivity contribution in [2.24, 2.45) is 5.11 Å². The minimum absolute atomic E-state index is 0.592. The predicted molar refractivity (Wildman–Crippen MR) is 65.0 cm³/mol. The number of azide groups is 1. The van der Waals surface area contributed by atoms with Gasteiger partial charge in [0.25, 0.3) is 0 Å². The molecule has 0 aliphatic heterocycles. The summed E-state index contributed by atoms with van der Waals surface area (Å²) in [6, 6.07) is 17.1. The van der Waals surface area contributed by atoms with E-state index in [4.69, 9.17) is 5.53 Å². The summed E-state index contributed by atoms with van der Waals surface area (Å²) in [5.74, 6) is 0. The molecule has 78 valence electrons. The topological polar surface area (TPSA) is 60.8 Å². The Balaban J connectivity index is 2.31. The lowest BCUT2D eigenvalue weighted by Gasteiger charge is -2.08. The van der Waals surface area contributed by atoms with Crippen molar-refractivity contribution in [3.63, 3.8) is 0 Å². The third-order valence-corrected chi connectivity index (χ3v) is 2.11. The highest BCUT2D eigenvalue weighted by Crippen LogP contribution is 2.27. The summed E-state index contributed by atoms with van der Waals surface area (Å²) in [5, 5.41) is 6.81. The van der Waals surface area contributed by atoms with Crippen LogP contribution < -0.4 is 5.32 Å². The fourth-order valence-corrected chi connectivity index (χ4v) is 1.39. The number of nitrogens with zero attached hydrogens (tertiary/aromatic N) is 3. The molecule has 0 radical (unpaired) electrons. The molecule has 0 aromatic heterocycles. The van der Waals surface area contributed by atoms with Gasteiger partial charge in [-0.2, -0.15) is 0 Å². The van der Waals surface area contributed by atoms with Crippen molar-refractivity contribution in [1.29, 1.82) is 0 Å². The van der Waals surface area contributed by atoms with Crippen molar-refractivity contribution in [2.75, 3.05) is 5.32 Å². The quantitative estimate of drug-likeness (QED) is 0.456. The molecule has 0 amide bonds. The number of hydrogen-bond donors (Lipinski definition) is 1. The van der Waals surface area contributed by atoms with Crippen LogP contribution in [0.3, 0.4) is 0 Å². The third kappa shape index (κ3) is 2.32. The summed E-state index contributed by atoms with van der Waals surface area (Å²) in [6.07, 6.45) is 0. The molecule has 0 aliphatic rings. The Morgan fingerprint density at radius 1 is 0.938 bits per heavy atom. The first-order valence-corrected chi connectivity index (χ1v) is 4.86. The van der Waals surface area contributed by atoms with Crippen LogP contribution in [0.4, 0.5) is 17.1 Å². The van der Waals surface area contributed by atoms with Crippen molar-refractivity contribution >= 4 is 17.1 Å². The predicted octanol–water partition coefficient (Wildman–Crippen LogP) is 4.37. The number of rotatable bonds is 3. The number of anilines is 2. The normalized spacial score (nSPS) is 9.25. The first-order valence-electron chi connectivity index (χ1n) is 4.86. The standard InChI is InChI=1S/C12H10N4/c13-16-15-12-9-5-4-8-11(12)14-10-6-2-1-3-7-10/h1-9,14H. The van der Waals surface area contributed by atoms with Gasteiger partial charge in [-0.25, -0.2) is 0 Å². The first-order chi connectivity index (χ1) is 7.90. The zero-order valence-corrected chi connectivity index (χ0v) is 8.54. The molecule has 0 unspecified atom stereocenters. The highest BCUT2D eigenvalue weighted by atomic mass is 15.1. The summed E-state index contributed by atoms with van der Waals surface area (Å²) >= 11 is 0. The van der Waals surface area contributed by atoms with Gasteiger partial charge >= 0.3 is 0 Å². The second-order valence-corrected chi connectivity index (χ2v) is 3.20. The van der Waals surface area contributed by atoms with E-state index in [0.29, 0.717) is 5.69 Å². The Hall–Kier alpha value is -2.45. The molecule has 0 spiro atoms. The summed E-state index contributed by atoms with van der Waals surface area (Å²) < 4.78 is 0. The van der Waals surface area contributed by atoms with Crippen LogP contribution in [0.5, 0.6) is 0 Å². The molecular formula is C12H10N4. The van der Waals surface area contributed by atoms with E-state index >= 15 is 0 Å². The SMILES string of the molecule is [N-]=[N+]=Nc1ccccc1Nc1ccccc1. The Bertz CT molecular complexity index is 516. The largest absolute Gasteiger partial charge is 0.355 e. The number of nitrogens with one attached hydrogen (secondary N) is 1. The van der Waals surface area contributed by atoms with E-state index in [0.717, 1.165) is 11.4 Å². The van der Waals surface area contributed by atoms with Gasteiger partial charge in [-0.1, -0.05) is 41.5 Å². The molecule has 2 rings (SSSR count). The number of benzene rings is 2. The fourth-order valence-electron chi connectivity index (χ4n) is 1.39. The van der Waals surface area contributed by atoms with Crippen molar-refractivity contribution in [2.45, 2.75) is 0 Å². The number of hydrogen-bond acceptors (Lipinski definition) is 2. The second-order valence-electron chi connectivity index (χ2n) is 3.20. The smallest absolute Gasteiger partial charge is 0.0610 e. The molecule has 2 aromatic rings. The van der Waals surface area contributed by atoms with E-state index in [1.165, 1.54) is 0 Å². The van der Waals surface area contributed by atoms with Gasteiger partial charge in [0.05, 0.1) is 5.69 Å². The monoisotopic (exact) mass is 210 g/mol. The zero-order valence-electron chi connectivity index (χ0n) is 8.54. The molecule has 1 N–H and O–H groups in total. The summed E-state index contributed by atoms with van der Waals surface area (Å²) in [7, 11) is 0. The lowest BCUT2D eigenvalue weighted by molar-refractivity contribution is 1.45. The summed E-state index contributed by atoms with van der Waals surface area (Å²) in [6.45, 7) is 0. The van der Waals surface area contributed by atoms with Crippen LogP contribution in [0, 0.1) is 0 Å². The van der Waals surface area contributed by atoms with E-state index in [1.807, 2.05) is 48.5 Å². The van der Waals surface area contributed by atoms with Crippen molar-refractivity contribution < 1.29 is 0 Å². The maximum atomic E-state index is 8.44. The van der Waals surface area contributed by atoms with Crippen molar-refractivity contribution in [3.8, 4) is 0 Å². The fraction of sp³-hybridized carbons (Fsp3) is 0. The highest BCUT2D eigenvalue weighted by molar-refractivity contribution is 5.71. The van der Waals surface area contributed by atoms with Crippen LogP contribution in [0.15, 0.2) is 59.7 Å². The zero-order chi connectivity index (χ0) is 11.2. The van der Waals surface area contributed by atoms with Crippen LogP contribution >= 0.6 is 0 Å². The molecule has 4 nitrogen and oxygen atoms in total. The summed E-state index contributed by atoms with van der Waals surface area (Å²) in [5.41, 5.74) is 10.8. The van der Waals surface area contributed by atoms with Gasteiger partial charge in [0.2, 0.25) is 0 Å². The lowest BCUT2D eigenvalue weighted by Crippen LogP contribution is -1.89. The first kappa shape index (κ1) is 10.1. The van der Waals surface area contributed by atoms with E-state index in [2.05, 4.69) is 15.3 Å². The van der Waals surface area contributed by atoms with Gasteiger partial charge in [0.15, 0.2) is 0 Å². The molecule has 0 saturated heterocycles. The second kappa shape index (κ2) is 4.87. The molecular weight excluding hydrogens is 200 g/mol. The molecule has 0 bridgehead atoms. The maximum Gasteiger partial charge on any atom is 0.0610 e. The van der Waals surface area contributed by atoms with Crippen LogP contribution in [0.2, 0.25) is 0 Å². The molecule has 4 heteroatoms. The Morgan fingerprint density at radius 3 is 2.38 bits per heavy atom. The maximum absolute atomic E-state index is 8.44. The van der Waals surface area contributed by atoms with Gasteiger partial charge in [-0.3, -0.25) is 0 Å². The Labute approximate surface area is 93.2 Å². The van der Waals surface area contributed by atoms with Gasteiger partial charge in [0, 0.05) is 16.3 Å². The third-order valence-electron chi connectivity index (χ3n) is 2.11. The van der Waals surface area contributed by atoms with Crippen LogP contribution in [-0.4, -0.2) is 0 Å². The molecule has 0 saturated carbocycles. The Morgan fingerprint density at radius 2 is 1.62 bits per heavy atom. The van der Waals surface area contributed by atoms with Crippen molar-refractivity contribution in [3.05, 3.63) is 65.0 Å². The average molecular weight is 210 g/mol. The molecule has 0 fully saturated rings. The van der Waals surface area contributed by atoms with Crippen molar-refractivity contribution in [1.82, 2.24) is 0 Å². The van der Waals surface area contributed by atoms with E-state index in [1.54, 1.807) is 6.07 Å². The minimum Gasteiger partial charge on any atom is -0.355 e. The van der Waals surface area contributed by atoms with Gasteiger partial charge in [0.1, 0.15) is 0 Å². The number of para-hydroxylation sites is 2. The van der Waals surface area contributed by atoms with E-state index in [9.17, 15) is 0 Å². The molecule has 2 aromatic carbocycles. The van der Waals surface area contributed by atoms with Gasteiger partial charge in [-0.15, -0.1) is 0 Å². The molecule has 0 heterocycles. The van der Waals surface area contributed by atoms with Gasteiger partial charge < -0.3 is 5.32 Å². The lowest BCUT2D eigenvalue weighted by atomic mass is 10.2. The van der Waals surface area contributed by atoms with E-state index in [-0.39, 0.29) is 0 Å². The molecule has 0 atom stereocenters. The molecule has 16 heavy (non-hydrogen) atoms. The van der Waals surface area contributed by atoms with Crippen LogP contribution in [0.1, 0.15) is 0 Å². The molecule has 0 aliphatic carbocycles. The summed E-state index contributed by atoms with van der Waals surface area (Å²) in [4.78, 5) is 2.79. The van der Waals surface area contributed by atoms with E-state index < -0.39 is 0 Å². The van der Waals surface area contributed by atoms with Gasteiger partial charge in [-0.05, 0) is 23.7 Å².